The molecule has 1 aliphatic heterocycles. The quantitative estimate of drug-likeness (QED) is 0.563. The number of ether oxygens (including phenoxy) is 1. The average molecular weight is 395 g/mol. The molecule has 0 bridgehead atoms. The molecule has 9 heteroatoms. The van der Waals surface area contributed by atoms with E-state index in [2.05, 4.69) is 14.3 Å². The van der Waals surface area contributed by atoms with Crippen LogP contribution in [0.4, 0.5) is 5.95 Å². The number of rotatable bonds is 5. The van der Waals surface area contributed by atoms with Crippen molar-refractivity contribution in [1.82, 2.24) is 14.3 Å². The third kappa shape index (κ3) is 4.66. The van der Waals surface area contributed by atoms with E-state index in [0.29, 0.717) is 11.6 Å². The molecular weight excluding hydrogens is 372 g/mol. The first kappa shape index (κ1) is 18.9. The second-order valence-electron chi connectivity index (χ2n) is 6.10. The number of piperazine rings is 1. The van der Waals surface area contributed by atoms with Crippen LogP contribution in [0, 0.1) is 6.92 Å². The van der Waals surface area contributed by atoms with Crippen molar-refractivity contribution < 1.29 is 13.2 Å². The van der Waals surface area contributed by atoms with E-state index in [-0.39, 0.29) is 5.03 Å². The predicted octanol–water partition coefficient (Wildman–Crippen LogP) is 2.03. The Balaban J connectivity index is 1.64. The topological polar surface area (TPSA) is 75.6 Å². The normalized spacial score (nSPS) is 15.9. The van der Waals surface area contributed by atoms with E-state index in [9.17, 15) is 8.42 Å². The summed E-state index contributed by atoms with van der Waals surface area (Å²) in [5.41, 5.74) is 0.658. The minimum atomic E-state index is -3.35. The predicted molar refractivity (Wildman–Crippen MR) is 103 cm³/mol. The second-order valence-corrected chi connectivity index (χ2v) is 9.24. The van der Waals surface area contributed by atoms with Crippen molar-refractivity contribution >= 4 is 27.7 Å². The molecule has 0 radical (unpaired) electrons. The summed E-state index contributed by atoms with van der Waals surface area (Å²) in [5.74, 6) is 1.33. The summed E-state index contributed by atoms with van der Waals surface area (Å²) < 4.78 is 31.0. The van der Waals surface area contributed by atoms with Crippen molar-refractivity contribution in [2.45, 2.75) is 16.8 Å². The van der Waals surface area contributed by atoms with Gasteiger partial charge in [0.25, 0.3) is 0 Å². The largest absolute Gasteiger partial charge is 0.497 e. The fraction of sp³-hybridized carbons (Fsp3) is 0.412. The van der Waals surface area contributed by atoms with Crippen LogP contribution < -0.4 is 9.64 Å². The average Bonchev–Trinajstić information content (AvgIpc) is 2.62. The standard InChI is InChI=1S/C17H22N4O3S2/c1-13-12-16(26(3,22)23)19-17(18-13)20-8-10-21(11-9-20)25-15-6-4-14(24-2)5-7-15/h4-7,12H,8-11H2,1-3H3. The van der Waals surface area contributed by atoms with Gasteiger partial charge in [-0.1, -0.05) is 0 Å². The monoisotopic (exact) mass is 394 g/mol. The summed E-state index contributed by atoms with van der Waals surface area (Å²) in [7, 11) is -1.69. The van der Waals surface area contributed by atoms with Crippen LogP contribution >= 0.6 is 11.9 Å². The molecule has 0 unspecified atom stereocenters. The summed E-state index contributed by atoms with van der Waals surface area (Å²) in [4.78, 5) is 11.8. The van der Waals surface area contributed by atoms with Gasteiger partial charge in [0.05, 0.1) is 7.11 Å². The fourth-order valence-corrected chi connectivity index (χ4v) is 4.15. The highest BCUT2D eigenvalue weighted by Crippen LogP contribution is 2.26. The van der Waals surface area contributed by atoms with Gasteiger partial charge in [-0.25, -0.2) is 22.7 Å². The second kappa shape index (κ2) is 7.81. The number of aromatic nitrogens is 2. The van der Waals surface area contributed by atoms with E-state index in [4.69, 9.17) is 4.74 Å². The highest BCUT2D eigenvalue weighted by Gasteiger charge is 2.22. The minimum absolute atomic E-state index is 0.0787. The Morgan fingerprint density at radius 3 is 2.31 bits per heavy atom. The van der Waals surface area contributed by atoms with E-state index >= 15 is 0 Å². The molecule has 140 valence electrons. The van der Waals surface area contributed by atoms with E-state index in [1.54, 1.807) is 26.0 Å². The van der Waals surface area contributed by atoms with Gasteiger partial charge in [-0.05, 0) is 49.2 Å². The van der Waals surface area contributed by atoms with Crippen LogP contribution in [0.5, 0.6) is 5.75 Å². The molecule has 0 aliphatic carbocycles. The number of anilines is 1. The third-order valence-electron chi connectivity index (χ3n) is 4.01. The summed E-state index contributed by atoms with van der Waals surface area (Å²) in [6.45, 7) is 4.95. The zero-order valence-electron chi connectivity index (χ0n) is 15.0. The van der Waals surface area contributed by atoms with Gasteiger partial charge in [-0.3, -0.25) is 0 Å². The highest BCUT2D eigenvalue weighted by atomic mass is 32.2. The van der Waals surface area contributed by atoms with Gasteiger partial charge in [0, 0.05) is 43.0 Å². The molecule has 2 heterocycles. The molecule has 1 aromatic heterocycles. The van der Waals surface area contributed by atoms with Crippen LogP contribution in [0.25, 0.3) is 0 Å². The molecular formula is C17H22N4O3S2. The Bertz CT molecular complexity index is 864. The Labute approximate surface area is 158 Å². The molecule has 0 N–H and O–H groups in total. The van der Waals surface area contributed by atoms with Gasteiger partial charge >= 0.3 is 0 Å². The number of hydrogen-bond donors (Lipinski definition) is 0. The van der Waals surface area contributed by atoms with Gasteiger partial charge in [-0.15, -0.1) is 0 Å². The zero-order chi connectivity index (χ0) is 18.7. The van der Waals surface area contributed by atoms with Gasteiger partial charge in [-0.2, -0.15) is 0 Å². The summed E-state index contributed by atoms with van der Waals surface area (Å²) in [6, 6.07) is 9.49. The lowest BCUT2D eigenvalue weighted by Crippen LogP contribution is -2.44. The van der Waals surface area contributed by atoms with Gasteiger partial charge in [0.2, 0.25) is 5.95 Å². The number of sulfone groups is 1. The van der Waals surface area contributed by atoms with Crippen LogP contribution in [0.3, 0.4) is 0 Å². The Morgan fingerprint density at radius 1 is 1.08 bits per heavy atom. The molecule has 1 saturated heterocycles. The summed E-state index contributed by atoms with van der Waals surface area (Å²) >= 11 is 1.71. The number of benzene rings is 1. The Hall–Kier alpha value is -1.84. The van der Waals surface area contributed by atoms with Gasteiger partial charge in [0.15, 0.2) is 14.9 Å². The van der Waals surface area contributed by atoms with E-state index in [1.165, 1.54) is 12.3 Å². The van der Waals surface area contributed by atoms with Crippen LogP contribution in [0.1, 0.15) is 5.69 Å². The van der Waals surface area contributed by atoms with Crippen LogP contribution in [-0.4, -0.2) is 62.2 Å². The number of methoxy groups -OCH3 is 1. The highest BCUT2D eigenvalue weighted by molar-refractivity contribution is 7.97. The molecule has 2 aromatic rings. The van der Waals surface area contributed by atoms with Crippen molar-refractivity contribution in [2.24, 2.45) is 0 Å². The molecule has 0 amide bonds. The Morgan fingerprint density at radius 2 is 1.73 bits per heavy atom. The first-order valence-corrected chi connectivity index (χ1v) is 10.9. The summed E-state index contributed by atoms with van der Waals surface area (Å²) in [5, 5.41) is 0.0787. The van der Waals surface area contributed by atoms with Crippen LogP contribution in [0.15, 0.2) is 40.3 Å². The molecule has 3 rings (SSSR count). The van der Waals surface area contributed by atoms with E-state index in [0.717, 1.165) is 36.8 Å². The van der Waals surface area contributed by atoms with Gasteiger partial charge in [0.1, 0.15) is 5.75 Å². The summed E-state index contributed by atoms with van der Waals surface area (Å²) in [6.07, 6.45) is 1.17. The third-order valence-corrected chi connectivity index (χ3v) is 6.09. The molecule has 26 heavy (non-hydrogen) atoms. The molecule has 1 aliphatic rings. The zero-order valence-corrected chi connectivity index (χ0v) is 16.7. The first-order valence-electron chi connectivity index (χ1n) is 8.23. The lowest BCUT2D eigenvalue weighted by molar-refractivity contribution is 0.414. The maximum Gasteiger partial charge on any atom is 0.226 e. The van der Waals surface area contributed by atoms with Crippen molar-refractivity contribution in [3.05, 3.63) is 36.0 Å². The van der Waals surface area contributed by atoms with Crippen molar-refractivity contribution in [1.29, 1.82) is 0 Å². The molecule has 0 spiro atoms. The molecule has 0 atom stereocenters. The van der Waals surface area contributed by atoms with Crippen LogP contribution in [0.2, 0.25) is 0 Å². The van der Waals surface area contributed by atoms with E-state index in [1.807, 2.05) is 29.2 Å². The lowest BCUT2D eigenvalue weighted by Gasteiger charge is -2.34. The molecule has 0 saturated carbocycles. The van der Waals surface area contributed by atoms with Gasteiger partial charge < -0.3 is 9.64 Å². The van der Waals surface area contributed by atoms with E-state index < -0.39 is 9.84 Å². The van der Waals surface area contributed by atoms with Crippen LogP contribution in [-0.2, 0) is 9.84 Å². The molecule has 1 fully saturated rings. The van der Waals surface area contributed by atoms with Crippen molar-refractivity contribution in [3.63, 3.8) is 0 Å². The van der Waals surface area contributed by atoms with Crippen molar-refractivity contribution in [2.75, 3.05) is 44.4 Å². The smallest absolute Gasteiger partial charge is 0.226 e. The first-order chi connectivity index (χ1) is 12.3. The number of hydrogen-bond acceptors (Lipinski definition) is 8. The number of aryl methyl sites for hydroxylation is 1. The molecule has 7 nitrogen and oxygen atoms in total. The lowest BCUT2D eigenvalue weighted by atomic mass is 10.3. The fourth-order valence-electron chi connectivity index (χ4n) is 2.62. The van der Waals surface area contributed by atoms with Crippen molar-refractivity contribution in [3.8, 4) is 5.75 Å². The maximum atomic E-state index is 11.8. The molecule has 1 aromatic carbocycles. The Kier molecular flexibility index (Phi) is 5.69. The number of nitrogens with zero attached hydrogens (tertiary/aromatic N) is 4. The SMILES string of the molecule is COc1ccc(SN2CCN(c3nc(C)cc(S(C)(=O)=O)n3)CC2)cc1. The maximum absolute atomic E-state index is 11.8. The minimum Gasteiger partial charge on any atom is -0.497 e.